The van der Waals surface area contributed by atoms with Crippen LogP contribution in [0.25, 0.3) is 22.6 Å². The summed E-state index contributed by atoms with van der Waals surface area (Å²) >= 11 is 3.16. The zero-order valence-electron chi connectivity index (χ0n) is 15.9. The summed E-state index contributed by atoms with van der Waals surface area (Å²) in [5.41, 5.74) is 4.01. The third kappa shape index (κ3) is 3.95. The molecule has 0 bridgehead atoms. The van der Waals surface area contributed by atoms with Gasteiger partial charge in [0.15, 0.2) is 5.58 Å². The molecule has 0 spiro atoms. The normalized spacial score (nSPS) is 11.4. The number of nitrogens with zero attached hydrogens (tertiary/aromatic N) is 3. The first-order valence-corrected chi connectivity index (χ1v) is 9.95. The molecular formula is C22H16BrN3O4. The van der Waals surface area contributed by atoms with E-state index >= 15 is 0 Å². The Kier molecular flexibility index (Phi) is 5.33. The Morgan fingerprint density at radius 3 is 2.80 bits per heavy atom. The van der Waals surface area contributed by atoms with Crippen LogP contribution in [0.4, 0.5) is 11.4 Å². The lowest BCUT2D eigenvalue weighted by atomic mass is 10.1. The first-order chi connectivity index (χ1) is 14.4. The van der Waals surface area contributed by atoms with Gasteiger partial charge >= 0.3 is 0 Å². The maximum Gasteiger partial charge on any atom is 0.284 e. The van der Waals surface area contributed by atoms with Gasteiger partial charge in [0.05, 0.1) is 20.6 Å². The van der Waals surface area contributed by atoms with E-state index in [1.165, 1.54) is 18.3 Å². The third-order valence-electron chi connectivity index (χ3n) is 4.60. The van der Waals surface area contributed by atoms with E-state index in [0.717, 1.165) is 17.5 Å². The molecule has 0 unspecified atom stereocenters. The summed E-state index contributed by atoms with van der Waals surface area (Å²) in [7, 11) is 0. The van der Waals surface area contributed by atoms with Gasteiger partial charge in [-0.05, 0) is 69.9 Å². The van der Waals surface area contributed by atoms with Crippen molar-refractivity contribution < 1.29 is 14.4 Å². The second-order valence-corrected chi connectivity index (χ2v) is 7.46. The Hall–Kier alpha value is -3.52. The summed E-state index contributed by atoms with van der Waals surface area (Å²) in [4.78, 5) is 19.5. The van der Waals surface area contributed by atoms with Gasteiger partial charge in [-0.1, -0.05) is 19.1 Å². The number of aromatic hydroxyl groups is 1. The Bertz CT molecular complexity index is 1300. The van der Waals surface area contributed by atoms with Gasteiger partial charge in [-0.2, -0.15) is 0 Å². The van der Waals surface area contributed by atoms with E-state index in [4.69, 9.17) is 4.42 Å². The minimum Gasteiger partial charge on any atom is -0.507 e. The molecule has 1 aromatic heterocycles. The molecular weight excluding hydrogens is 450 g/mol. The number of aryl methyl sites for hydroxylation is 1. The molecule has 0 amide bonds. The number of aliphatic imine (C=N–C) groups is 1. The molecule has 0 radical (unpaired) electrons. The molecule has 0 aliphatic carbocycles. The topological polar surface area (TPSA) is 102 Å². The second kappa shape index (κ2) is 8.08. The first kappa shape index (κ1) is 19.8. The van der Waals surface area contributed by atoms with Crippen LogP contribution >= 0.6 is 15.9 Å². The number of phenols is 1. The van der Waals surface area contributed by atoms with Crippen LogP contribution in [-0.4, -0.2) is 21.2 Å². The minimum atomic E-state index is -0.461. The van der Waals surface area contributed by atoms with E-state index in [1.54, 1.807) is 24.3 Å². The summed E-state index contributed by atoms with van der Waals surface area (Å²) in [5, 5.41) is 21.4. The van der Waals surface area contributed by atoms with Crippen molar-refractivity contribution in [3.63, 3.8) is 0 Å². The summed E-state index contributed by atoms with van der Waals surface area (Å²) in [6.07, 6.45) is 2.41. The third-order valence-corrected chi connectivity index (χ3v) is 5.27. The number of rotatable bonds is 5. The van der Waals surface area contributed by atoms with E-state index in [2.05, 4.69) is 32.8 Å². The van der Waals surface area contributed by atoms with E-state index in [0.29, 0.717) is 32.8 Å². The molecule has 3 aromatic carbocycles. The van der Waals surface area contributed by atoms with Crippen molar-refractivity contribution in [1.82, 2.24) is 4.98 Å². The number of aromatic nitrogens is 1. The van der Waals surface area contributed by atoms with Gasteiger partial charge in [0, 0.05) is 12.3 Å². The highest BCUT2D eigenvalue weighted by molar-refractivity contribution is 9.10. The number of hydrogen-bond donors (Lipinski definition) is 1. The smallest absolute Gasteiger partial charge is 0.284 e. The number of halogens is 1. The maximum absolute atomic E-state index is 11.1. The van der Waals surface area contributed by atoms with Crippen LogP contribution in [0.1, 0.15) is 18.1 Å². The highest BCUT2D eigenvalue weighted by Gasteiger charge is 2.14. The Labute approximate surface area is 180 Å². The van der Waals surface area contributed by atoms with Gasteiger partial charge in [-0.15, -0.1) is 0 Å². The molecule has 4 rings (SSSR count). The molecule has 7 nitrogen and oxygen atoms in total. The standard InChI is InChI=1S/C22H16BrN3O4/c1-2-13-4-8-21-18(9-13)25-22(30-21)16-11-15(5-7-20(16)27)24-12-14-3-6-17(23)19(10-14)26(28)29/h3-12,27H,2H2,1H3. The average molecular weight is 466 g/mol. The predicted octanol–water partition coefficient (Wildman–Crippen LogP) is 6.18. The fourth-order valence-electron chi connectivity index (χ4n) is 2.98. The van der Waals surface area contributed by atoms with Gasteiger partial charge in [0.1, 0.15) is 11.3 Å². The van der Waals surface area contributed by atoms with Crippen molar-refractivity contribution >= 4 is 44.6 Å². The lowest BCUT2D eigenvalue weighted by molar-refractivity contribution is -0.385. The molecule has 30 heavy (non-hydrogen) atoms. The molecule has 0 saturated carbocycles. The number of phenolic OH excluding ortho intramolecular Hbond substituents is 1. The monoisotopic (exact) mass is 465 g/mol. The van der Waals surface area contributed by atoms with E-state index in [9.17, 15) is 15.2 Å². The molecule has 0 aliphatic heterocycles. The predicted molar refractivity (Wildman–Crippen MR) is 119 cm³/mol. The lowest BCUT2D eigenvalue weighted by Gasteiger charge is -2.02. The molecule has 1 N–H and O–H groups in total. The Morgan fingerprint density at radius 2 is 2.03 bits per heavy atom. The van der Waals surface area contributed by atoms with Crippen molar-refractivity contribution in [3.05, 3.63) is 80.3 Å². The SMILES string of the molecule is CCc1ccc2oc(-c3cc(N=Cc4ccc(Br)c([N+](=O)[O-])c4)ccc3O)nc2c1. The summed E-state index contributed by atoms with van der Waals surface area (Å²) in [5.74, 6) is 0.322. The van der Waals surface area contributed by atoms with Crippen LogP contribution in [-0.2, 0) is 6.42 Å². The van der Waals surface area contributed by atoms with Gasteiger partial charge in [-0.25, -0.2) is 4.98 Å². The lowest BCUT2D eigenvalue weighted by Crippen LogP contribution is -1.91. The van der Waals surface area contributed by atoms with Crippen molar-refractivity contribution in [2.75, 3.05) is 0 Å². The van der Waals surface area contributed by atoms with Gasteiger partial charge in [-0.3, -0.25) is 15.1 Å². The molecule has 1 heterocycles. The van der Waals surface area contributed by atoms with E-state index in [1.807, 2.05) is 18.2 Å². The number of fused-ring (bicyclic) bond motifs is 1. The van der Waals surface area contributed by atoms with Crippen molar-refractivity contribution in [3.8, 4) is 17.2 Å². The van der Waals surface area contributed by atoms with Crippen LogP contribution in [0.15, 0.2) is 68.5 Å². The van der Waals surface area contributed by atoms with E-state index in [-0.39, 0.29) is 11.4 Å². The van der Waals surface area contributed by atoms with E-state index < -0.39 is 4.92 Å². The quantitative estimate of drug-likeness (QED) is 0.215. The zero-order chi connectivity index (χ0) is 21.3. The van der Waals surface area contributed by atoms with Gasteiger partial charge in [0.2, 0.25) is 5.89 Å². The van der Waals surface area contributed by atoms with Gasteiger partial charge in [0.25, 0.3) is 5.69 Å². The van der Waals surface area contributed by atoms with Crippen LogP contribution in [0, 0.1) is 10.1 Å². The Balaban J connectivity index is 1.68. The number of nitro groups is 1. The van der Waals surface area contributed by atoms with Crippen LogP contribution in [0.2, 0.25) is 0 Å². The molecule has 4 aromatic rings. The largest absolute Gasteiger partial charge is 0.507 e. The fraction of sp³-hybridized carbons (Fsp3) is 0.0909. The second-order valence-electron chi connectivity index (χ2n) is 6.60. The van der Waals surface area contributed by atoms with Crippen LogP contribution in [0.5, 0.6) is 5.75 Å². The molecule has 0 atom stereocenters. The number of oxazole rings is 1. The Morgan fingerprint density at radius 1 is 1.20 bits per heavy atom. The van der Waals surface area contributed by atoms with Crippen molar-refractivity contribution in [1.29, 1.82) is 0 Å². The van der Waals surface area contributed by atoms with Crippen LogP contribution in [0.3, 0.4) is 0 Å². The molecule has 150 valence electrons. The summed E-state index contributed by atoms with van der Waals surface area (Å²) < 4.78 is 6.21. The number of hydrogen-bond acceptors (Lipinski definition) is 6. The van der Waals surface area contributed by atoms with Crippen LogP contribution < -0.4 is 0 Å². The minimum absolute atomic E-state index is 0.0236. The molecule has 8 heteroatoms. The number of benzene rings is 3. The fourth-order valence-corrected chi connectivity index (χ4v) is 3.37. The first-order valence-electron chi connectivity index (χ1n) is 9.15. The average Bonchev–Trinajstić information content (AvgIpc) is 3.16. The molecule has 0 fully saturated rings. The molecule has 0 aliphatic rings. The maximum atomic E-state index is 11.1. The van der Waals surface area contributed by atoms with Crippen molar-refractivity contribution in [2.45, 2.75) is 13.3 Å². The summed E-state index contributed by atoms with van der Waals surface area (Å²) in [6, 6.07) is 15.4. The van der Waals surface area contributed by atoms with Gasteiger partial charge < -0.3 is 9.52 Å². The zero-order valence-corrected chi connectivity index (χ0v) is 17.5. The highest BCUT2D eigenvalue weighted by atomic mass is 79.9. The highest BCUT2D eigenvalue weighted by Crippen LogP contribution is 2.34. The van der Waals surface area contributed by atoms with Crippen molar-refractivity contribution in [2.24, 2.45) is 4.99 Å². The molecule has 0 saturated heterocycles. The number of nitro benzene ring substituents is 1. The summed E-state index contributed by atoms with van der Waals surface area (Å²) in [6.45, 7) is 2.06.